The molecular weight excluding hydrogens is 563 g/mol. The summed E-state index contributed by atoms with van der Waals surface area (Å²) in [7, 11) is 1.56. The number of carbonyl (C=O) groups excluding carboxylic acids is 1. The number of halogens is 2. The second-order valence-electron chi connectivity index (χ2n) is 8.86. The van der Waals surface area contributed by atoms with Crippen molar-refractivity contribution in [3.8, 4) is 23.0 Å². The van der Waals surface area contributed by atoms with E-state index in [9.17, 15) is 9.18 Å². The Kier molecular flexibility index (Phi) is 9.82. The Morgan fingerprint density at radius 3 is 2.55 bits per heavy atom. The SMILES string of the molecule is CCOC(C=Nc1ccc(F)cc1C)=C(N)C(=O)Nc1ccc(Oc2ccnc3cc(OC)c(OCC)cc23)c(Cl)c1. The van der Waals surface area contributed by atoms with Crippen LogP contribution in [0.4, 0.5) is 15.8 Å². The molecule has 0 radical (unpaired) electrons. The molecule has 3 N–H and O–H groups in total. The molecule has 4 aromatic rings. The smallest absolute Gasteiger partial charge is 0.275 e. The molecule has 0 aliphatic rings. The van der Waals surface area contributed by atoms with Crippen LogP contribution in [0.3, 0.4) is 0 Å². The largest absolute Gasteiger partial charge is 0.493 e. The molecule has 0 atom stereocenters. The lowest BCUT2D eigenvalue weighted by atomic mass is 10.1. The van der Waals surface area contributed by atoms with Crippen molar-refractivity contribution in [1.82, 2.24) is 4.98 Å². The van der Waals surface area contributed by atoms with E-state index in [1.54, 1.807) is 57.5 Å². The molecule has 0 aliphatic heterocycles. The number of aromatic nitrogens is 1. The van der Waals surface area contributed by atoms with Crippen molar-refractivity contribution in [3.05, 3.63) is 88.7 Å². The Morgan fingerprint density at radius 1 is 1.05 bits per heavy atom. The molecule has 0 bridgehead atoms. The van der Waals surface area contributed by atoms with Crippen molar-refractivity contribution < 1.29 is 28.1 Å². The van der Waals surface area contributed by atoms with E-state index in [0.29, 0.717) is 57.4 Å². The number of anilines is 1. The normalized spacial score (nSPS) is 11.8. The molecule has 11 heteroatoms. The van der Waals surface area contributed by atoms with Crippen LogP contribution in [-0.4, -0.2) is 37.4 Å². The average Bonchev–Trinajstić information content (AvgIpc) is 2.97. The first-order chi connectivity index (χ1) is 20.2. The van der Waals surface area contributed by atoms with Gasteiger partial charge in [-0.3, -0.25) is 14.8 Å². The number of hydrogen-bond donors (Lipinski definition) is 2. The lowest BCUT2D eigenvalue weighted by Crippen LogP contribution is -2.23. The van der Waals surface area contributed by atoms with Gasteiger partial charge in [-0.1, -0.05) is 11.6 Å². The Morgan fingerprint density at radius 2 is 1.86 bits per heavy atom. The number of rotatable bonds is 11. The van der Waals surface area contributed by atoms with Gasteiger partial charge in [0, 0.05) is 23.3 Å². The number of benzene rings is 3. The van der Waals surface area contributed by atoms with Crippen LogP contribution in [0.1, 0.15) is 19.4 Å². The third-order valence-electron chi connectivity index (χ3n) is 5.99. The Labute approximate surface area is 247 Å². The van der Waals surface area contributed by atoms with E-state index in [1.165, 1.54) is 30.5 Å². The van der Waals surface area contributed by atoms with Crippen molar-refractivity contribution in [3.63, 3.8) is 0 Å². The number of aliphatic imine (C=N–C) groups is 1. The fourth-order valence-electron chi connectivity index (χ4n) is 3.97. The number of carbonyl (C=O) groups is 1. The summed E-state index contributed by atoms with van der Waals surface area (Å²) in [6.45, 7) is 6.07. The molecule has 218 valence electrons. The highest BCUT2D eigenvalue weighted by atomic mass is 35.5. The second-order valence-corrected chi connectivity index (χ2v) is 9.27. The van der Waals surface area contributed by atoms with E-state index in [-0.39, 0.29) is 28.9 Å². The fourth-order valence-corrected chi connectivity index (χ4v) is 4.19. The minimum Gasteiger partial charge on any atom is -0.493 e. The van der Waals surface area contributed by atoms with Gasteiger partial charge in [0.2, 0.25) is 0 Å². The Hall–Kier alpha value is -4.83. The molecule has 0 spiro atoms. The van der Waals surface area contributed by atoms with Crippen LogP contribution in [0.2, 0.25) is 5.02 Å². The van der Waals surface area contributed by atoms with Crippen LogP contribution in [0.15, 0.2) is 77.2 Å². The maximum absolute atomic E-state index is 13.4. The highest BCUT2D eigenvalue weighted by molar-refractivity contribution is 6.32. The van der Waals surface area contributed by atoms with Crippen LogP contribution in [0.5, 0.6) is 23.0 Å². The molecule has 0 saturated heterocycles. The summed E-state index contributed by atoms with van der Waals surface area (Å²) >= 11 is 6.53. The molecule has 1 heterocycles. The summed E-state index contributed by atoms with van der Waals surface area (Å²) in [4.78, 5) is 21.6. The van der Waals surface area contributed by atoms with Gasteiger partial charge in [-0.25, -0.2) is 4.39 Å². The lowest BCUT2D eigenvalue weighted by Gasteiger charge is -2.14. The van der Waals surface area contributed by atoms with E-state index in [1.807, 2.05) is 6.92 Å². The third-order valence-corrected chi connectivity index (χ3v) is 6.28. The first-order valence-corrected chi connectivity index (χ1v) is 13.4. The van der Waals surface area contributed by atoms with Gasteiger partial charge in [0.1, 0.15) is 23.0 Å². The number of allylic oxidation sites excluding steroid dienone is 1. The molecule has 1 amide bonds. The van der Waals surface area contributed by atoms with Gasteiger partial charge in [-0.05, 0) is 74.9 Å². The first-order valence-electron chi connectivity index (χ1n) is 13.0. The molecule has 1 aromatic heterocycles. The van der Waals surface area contributed by atoms with Crippen molar-refractivity contribution >= 4 is 46.0 Å². The fraction of sp³-hybridized carbons (Fsp3) is 0.194. The van der Waals surface area contributed by atoms with Crippen molar-refractivity contribution in [1.29, 1.82) is 0 Å². The van der Waals surface area contributed by atoms with Crippen molar-refractivity contribution in [2.75, 3.05) is 25.6 Å². The molecule has 42 heavy (non-hydrogen) atoms. The highest BCUT2D eigenvalue weighted by Crippen LogP contribution is 2.39. The monoisotopic (exact) mass is 592 g/mol. The predicted molar refractivity (Wildman–Crippen MR) is 162 cm³/mol. The van der Waals surface area contributed by atoms with Crippen LogP contribution in [-0.2, 0) is 9.53 Å². The number of fused-ring (bicyclic) bond motifs is 1. The van der Waals surface area contributed by atoms with E-state index < -0.39 is 5.91 Å². The van der Waals surface area contributed by atoms with E-state index in [2.05, 4.69) is 15.3 Å². The van der Waals surface area contributed by atoms with Crippen molar-refractivity contribution in [2.45, 2.75) is 20.8 Å². The summed E-state index contributed by atoms with van der Waals surface area (Å²) in [5, 5.41) is 3.65. The molecule has 0 saturated carbocycles. The Bertz CT molecular complexity index is 1680. The summed E-state index contributed by atoms with van der Waals surface area (Å²) in [6, 6.07) is 14.3. The standard InChI is InChI=1S/C31H30ClFN4O5/c1-5-40-28-15-21-24(16-27(28)39-4)35-12-11-25(21)42-26-10-8-20(14-22(26)32)37-31(38)30(34)29(41-6-2)17-36-23-9-7-19(33)13-18(23)3/h7-17H,5-6,34H2,1-4H3,(H,37,38). The van der Waals surface area contributed by atoms with Gasteiger partial charge in [-0.2, -0.15) is 0 Å². The zero-order valence-corrected chi connectivity index (χ0v) is 24.3. The van der Waals surface area contributed by atoms with Crippen LogP contribution < -0.4 is 25.3 Å². The number of amides is 1. The van der Waals surface area contributed by atoms with Crippen LogP contribution >= 0.6 is 11.6 Å². The summed E-state index contributed by atoms with van der Waals surface area (Å²) in [5.74, 6) is 1.06. The predicted octanol–water partition coefficient (Wildman–Crippen LogP) is 7.08. The van der Waals surface area contributed by atoms with Gasteiger partial charge in [0.05, 0.1) is 42.8 Å². The van der Waals surface area contributed by atoms with Gasteiger partial charge < -0.3 is 30.0 Å². The van der Waals surface area contributed by atoms with Crippen LogP contribution in [0.25, 0.3) is 10.9 Å². The quantitative estimate of drug-likeness (QED) is 0.108. The maximum atomic E-state index is 13.4. The zero-order chi connectivity index (χ0) is 30.2. The van der Waals surface area contributed by atoms with E-state index >= 15 is 0 Å². The number of nitrogens with zero attached hydrogens (tertiary/aromatic N) is 2. The Balaban J connectivity index is 1.54. The zero-order valence-electron chi connectivity index (χ0n) is 23.5. The van der Waals surface area contributed by atoms with Gasteiger partial charge >= 0.3 is 0 Å². The van der Waals surface area contributed by atoms with Gasteiger partial charge in [0.25, 0.3) is 5.91 Å². The molecule has 9 nitrogen and oxygen atoms in total. The topological polar surface area (TPSA) is 117 Å². The number of aryl methyl sites for hydroxylation is 1. The van der Waals surface area contributed by atoms with Crippen LogP contribution in [0, 0.1) is 12.7 Å². The average molecular weight is 593 g/mol. The van der Waals surface area contributed by atoms with Gasteiger partial charge in [-0.15, -0.1) is 0 Å². The number of ether oxygens (including phenoxy) is 4. The number of pyridine rings is 1. The molecule has 0 fully saturated rings. The number of nitrogens with two attached hydrogens (primary N) is 1. The minimum absolute atomic E-state index is 0.0670. The number of hydrogen-bond acceptors (Lipinski definition) is 8. The van der Waals surface area contributed by atoms with E-state index in [0.717, 1.165) is 0 Å². The molecule has 0 unspecified atom stereocenters. The molecule has 0 aliphatic carbocycles. The van der Waals surface area contributed by atoms with Crippen molar-refractivity contribution in [2.24, 2.45) is 10.7 Å². The molecule has 3 aromatic carbocycles. The lowest BCUT2D eigenvalue weighted by molar-refractivity contribution is -0.113. The maximum Gasteiger partial charge on any atom is 0.275 e. The van der Waals surface area contributed by atoms with Gasteiger partial charge in [0.15, 0.2) is 17.3 Å². The summed E-state index contributed by atoms with van der Waals surface area (Å²) < 4.78 is 36.2. The second kappa shape index (κ2) is 13.7. The minimum atomic E-state index is -0.622. The molecule has 4 rings (SSSR count). The third kappa shape index (κ3) is 7.08. The number of nitrogens with one attached hydrogen (secondary N) is 1. The highest BCUT2D eigenvalue weighted by Gasteiger charge is 2.16. The first kappa shape index (κ1) is 30.1. The summed E-state index contributed by atoms with van der Waals surface area (Å²) in [6.07, 6.45) is 2.94. The van der Waals surface area contributed by atoms with E-state index in [4.69, 9.17) is 36.3 Å². The summed E-state index contributed by atoms with van der Waals surface area (Å²) in [5.41, 5.74) is 8.08. The number of methoxy groups -OCH3 is 1. The molecular formula is C31H30ClFN4O5.